The minimum absolute atomic E-state index is 0.529. The molecule has 90 valence electrons. The molecule has 0 aromatic carbocycles. The molecule has 0 unspecified atom stereocenters. The molecule has 2 N–H and O–H groups in total. The Hall–Kier alpha value is -1.74. The van der Waals surface area contributed by atoms with Crippen molar-refractivity contribution in [3.05, 3.63) is 60.2 Å². The van der Waals surface area contributed by atoms with Gasteiger partial charge in [-0.3, -0.25) is 9.97 Å². The Balaban J connectivity index is 0.000000171. The van der Waals surface area contributed by atoms with Crippen LogP contribution in [-0.4, -0.2) is 9.97 Å². The molecule has 17 heavy (non-hydrogen) atoms. The predicted octanol–water partition coefficient (Wildman–Crippen LogP) is 2.57. The molecule has 0 fully saturated rings. The first-order valence-electron chi connectivity index (χ1n) is 5.86. The van der Waals surface area contributed by atoms with E-state index < -0.39 is 0 Å². The third-order valence-electron chi connectivity index (χ3n) is 2.17. The van der Waals surface area contributed by atoms with E-state index in [4.69, 9.17) is 5.73 Å². The second-order valence-electron chi connectivity index (χ2n) is 3.60. The first-order valence-corrected chi connectivity index (χ1v) is 5.86. The van der Waals surface area contributed by atoms with Gasteiger partial charge in [0.1, 0.15) is 0 Å². The van der Waals surface area contributed by atoms with Crippen LogP contribution in [-0.2, 0) is 13.0 Å². The van der Waals surface area contributed by atoms with Gasteiger partial charge in [-0.05, 0) is 30.7 Å². The molecule has 0 bridgehead atoms. The molecule has 2 aromatic heterocycles. The molecule has 0 atom stereocenters. The van der Waals surface area contributed by atoms with Crippen LogP contribution in [0.4, 0.5) is 0 Å². The topological polar surface area (TPSA) is 51.8 Å². The largest absolute Gasteiger partial charge is 0.325 e. The summed E-state index contributed by atoms with van der Waals surface area (Å²) in [4.78, 5) is 8.14. The van der Waals surface area contributed by atoms with Gasteiger partial charge in [-0.2, -0.15) is 0 Å². The summed E-state index contributed by atoms with van der Waals surface area (Å²) >= 11 is 0. The lowest BCUT2D eigenvalue weighted by Gasteiger charge is -1.92. The van der Waals surface area contributed by atoms with Crippen molar-refractivity contribution in [2.24, 2.45) is 5.73 Å². The minimum atomic E-state index is 0.529. The van der Waals surface area contributed by atoms with Gasteiger partial charge in [-0.15, -0.1) is 0 Å². The first-order chi connectivity index (χ1) is 8.36. The van der Waals surface area contributed by atoms with Crippen molar-refractivity contribution < 1.29 is 0 Å². The van der Waals surface area contributed by atoms with E-state index in [1.165, 1.54) is 12.1 Å². The quantitative estimate of drug-likeness (QED) is 0.880. The minimum Gasteiger partial charge on any atom is -0.325 e. The Kier molecular flexibility index (Phi) is 6.60. The van der Waals surface area contributed by atoms with Crippen molar-refractivity contribution in [2.45, 2.75) is 26.3 Å². The predicted molar refractivity (Wildman–Crippen MR) is 70.4 cm³/mol. The van der Waals surface area contributed by atoms with Gasteiger partial charge < -0.3 is 5.73 Å². The van der Waals surface area contributed by atoms with Gasteiger partial charge >= 0.3 is 0 Å². The van der Waals surface area contributed by atoms with Crippen LogP contribution in [0, 0.1) is 0 Å². The number of pyridine rings is 2. The smallest absolute Gasteiger partial charge is 0.0539 e. The molecule has 0 aliphatic rings. The van der Waals surface area contributed by atoms with Gasteiger partial charge in [-0.1, -0.05) is 25.5 Å². The number of nitrogens with zero attached hydrogens (tertiary/aromatic N) is 2. The molecule has 2 rings (SSSR count). The SMILES string of the molecule is CCCc1ccccn1.NCc1ccccn1. The molecule has 3 heteroatoms. The Labute approximate surface area is 103 Å². The van der Waals surface area contributed by atoms with E-state index >= 15 is 0 Å². The van der Waals surface area contributed by atoms with Gasteiger partial charge in [-0.25, -0.2) is 0 Å². The number of hydrogen-bond acceptors (Lipinski definition) is 3. The highest BCUT2D eigenvalue weighted by Gasteiger charge is 1.86. The molecule has 0 radical (unpaired) electrons. The highest BCUT2D eigenvalue weighted by Crippen LogP contribution is 1.95. The second kappa shape index (κ2) is 8.42. The van der Waals surface area contributed by atoms with E-state index in [1.54, 1.807) is 6.20 Å². The lowest BCUT2D eigenvalue weighted by Crippen LogP contribution is -1.97. The van der Waals surface area contributed by atoms with Gasteiger partial charge in [0.05, 0.1) is 5.69 Å². The van der Waals surface area contributed by atoms with Crippen LogP contribution in [0.3, 0.4) is 0 Å². The average molecular weight is 229 g/mol. The summed E-state index contributed by atoms with van der Waals surface area (Å²) in [6.45, 7) is 2.69. The Morgan fingerprint density at radius 2 is 1.53 bits per heavy atom. The zero-order chi connectivity index (χ0) is 12.3. The van der Waals surface area contributed by atoms with Crippen LogP contribution >= 0.6 is 0 Å². The third kappa shape index (κ3) is 5.78. The number of rotatable bonds is 3. The summed E-state index contributed by atoms with van der Waals surface area (Å²) in [5.74, 6) is 0. The Morgan fingerprint density at radius 3 is 1.88 bits per heavy atom. The van der Waals surface area contributed by atoms with Crippen LogP contribution in [0.1, 0.15) is 24.7 Å². The molecule has 0 saturated heterocycles. The number of aromatic nitrogens is 2. The van der Waals surface area contributed by atoms with Crippen LogP contribution in [0.25, 0.3) is 0 Å². The third-order valence-corrected chi connectivity index (χ3v) is 2.17. The molecule has 0 amide bonds. The number of aryl methyl sites for hydroxylation is 1. The molecule has 0 spiro atoms. The van der Waals surface area contributed by atoms with Crippen LogP contribution in [0.15, 0.2) is 48.8 Å². The van der Waals surface area contributed by atoms with E-state index in [9.17, 15) is 0 Å². The van der Waals surface area contributed by atoms with Crippen molar-refractivity contribution in [3.8, 4) is 0 Å². The monoisotopic (exact) mass is 229 g/mol. The van der Waals surface area contributed by atoms with Crippen LogP contribution in [0.5, 0.6) is 0 Å². The van der Waals surface area contributed by atoms with E-state index in [2.05, 4.69) is 23.0 Å². The maximum Gasteiger partial charge on any atom is 0.0539 e. The molecular weight excluding hydrogens is 210 g/mol. The summed E-state index contributed by atoms with van der Waals surface area (Å²) in [5, 5.41) is 0. The number of hydrogen-bond donors (Lipinski definition) is 1. The molecule has 3 nitrogen and oxygen atoms in total. The van der Waals surface area contributed by atoms with Gasteiger partial charge in [0.2, 0.25) is 0 Å². The molecular formula is C14H19N3. The Morgan fingerprint density at radius 1 is 0.941 bits per heavy atom. The maximum absolute atomic E-state index is 5.29. The second-order valence-corrected chi connectivity index (χ2v) is 3.60. The lowest BCUT2D eigenvalue weighted by molar-refractivity contribution is 0.883. The zero-order valence-corrected chi connectivity index (χ0v) is 10.2. The first kappa shape index (κ1) is 13.3. The Bertz CT molecular complexity index is 387. The van der Waals surface area contributed by atoms with E-state index in [0.717, 1.165) is 12.1 Å². The summed E-state index contributed by atoms with van der Waals surface area (Å²) < 4.78 is 0. The molecule has 0 aliphatic heterocycles. The van der Waals surface area contributed by atoms with Crippen LogP contribution < -0.4 is 5.73 Å². The standard InChI is InChI=1S/C8H11N.C6H8N2/c1-2-5-8-6-3-4-7-9-8;7-5-6-3-1-2-4-8-6/h3-4,6-7H,2,5H2,1H3;1-4H,5,7H2. The van der Waals surface area contributed by atoms with Crippen molar-refractivity contribution in [1.82, 2.24) is 9.97 Å². The van der Waals surface area contributed by atoms with Crippen molar-refractivity contribution in [2.75, 3.05) is 0 Å². The number of nitrogens with two attached hydrogens (primary N) is 1. The molecule has 0 saturated carbocycles. The summed E-state index contributed by atoms with van der Waals surface area (Å²) in [7, 11) is 0. The van der Waals surface area contributed by atoms with Gasteiger partial charge in [0.15, 0.2) is 0 Å². The molecule has 2 aromatic rings. The molecule has 0 aliphatic carbocycles. The molecule has 2 heterocycles. The van der Waals surface area contributed by atoms with E-state index in [-0.39, 0.29) is 0 Å². The fourth-order valence-electron chi connectivity index (χ4n) is 1.32. The van der Waals surface area contributed by atoms with Crippen LogP contribution in [0.2, 0.25) is 0 Å². The van der Waals surface area contributed by atoms with Crippen molar-refractivity contribution in [1.29, 1.82) is 0 Å². The average Bonchev–Trinajstić information content (AvgIpc) is 2.42. The van der Waals surface area contributed by atoms with E-state index in [0.29, 0.717) is 6.54 Å². The van der Waals surface area contributed by atoms with E-state index in [1.807, 2.05) is 36.5 Å². The zero-order valence-electron chi connectivity index (χ0n) is 10.2. The fourth-order valence-corrected chi connectivity index (χ4v) is 1.32. The van der Waals surface area contributed by atoms with Crippen molar-refractivity contribution >= 4 is 0 Å². The fraction of sp³-hybridized carbons (Fsp3) is 0.286. The highest BCUT2D eigenvalue weighted by molar-refractivity contribution is 5.03. The van der Waals surface area contributed by atoms with Gasteiger partial charge in [0.25, 0.3) is 0 Å². The normalized spacial score (nSPS) is 9.29. The maximum atomic E-state index is 5.29. The summed E-state index contributed by atoms with van der Waals surface area (Å²) in [6, 6.07) is 11.7. The summed E-state index contributed by atoms with van der Waals surface area (Å²) in [5.41, 5.74) is 7.42. The highest BCUT2D eigenvalue weighted by atomic mass is 14.7. The van der Waals surface area contributed by atoms with Gasteiger partial charge in [0, 0.05) is 24.6 Å². The van der Waals surface area contributed by atoms with Crippen molar-refractivity contribution in [3.63, 3.8) is 0 Å². The summed E-state index contributed by atoms with van der Waals surface area (Å²) in [6.07, 6.45) is 5.85. The lowest BCUT2D eigenvalue weighted by atomic mass is 10.2.